The average molecular weight is 364 g/mol. The molecular weight excluding hydrogens is 349 g/mol. The lowest BCUT2D eigenvalue weighted by Gasteiger charge is -2.37. The van der Waals surface area contributed by atoms with E-state index in [0.29, 0.717) is 11.6 Å². The monoisotopic (exact) mass is 363 g/mol. The maximum absolute atomic E-state index is 11.8. The molecule has 1 aromatic carbocycles. The van der Waals surface area contributed by atoms with E-state index >= 15 is 0 Å². The second kappa shape index (κ2) is 5.58. The van der Waals surface area contributed by atoms with Gasteiger partial charge < -0.3 is 9.67 Å². The normalized spacial score (nSPS) is 18.3. The number of rotatable bonds is 5. The first-order valence-electron chi connectivity index (χ1n) is 7.55. The third-order valence-electron chi connectivity index (χ3n) is 4.69. The zero-order valence-electron chi connectivity index (χ0n) is 12.7. The van der Waals surface area contributed by atoms with Crippen molar-refractivity contribution in [1.82, 2.24) is 24.3 Å². The molecule has 0 amide bonds. The van der Waals surface area contributed by atoms with Gasteiger partial charge in [0.05, 0.1) is 18.4 Å². The molecule has 0 saturated heterocycles. The van der Waals surface area contributed by atoms with Crippen LogP contribution in [-0.4, -0.2) is 29.4 Å². The molecule has 0 bridgehead atoms. The Morgan fingerprint density at radius 2 is 1.92 bits per heavy atom. The largest absolute Gasteiger partial charge is 0.381 e. The van der Waals surface area contributed by atoms with Crippen molar-refractivity contribution in [2.24, 2.45) is 0 Å². The molecule has 1 unspecified atom stereocenters. The first-order valence-corrected chi connectivity index (χ1v) is 8.31. The van der Waals surface area contributed by atoms with Crippen LogP contribution in [0.2, 0.25) is 10.3 Å². The van der Waals surface area contributed by atoms with E-state index in [4.69, 9.17) is 23.2 Å². The molecule has 1 aliphatic carbocycles. The Balaban J connectivity index is 1.82. The van der Waals surface area contributed by atoms with Crippen LogP contribution in [0.4, 0.5) is 0 Å². The van der Waals surface area contributed by atoms with E-state index in [9.17, 15) is 5.11 Å². The summed E-state index contributed by atoms with van der Waals surface area (Å²) in [5, 5.41) is 16.8. The molecule has 4 rings (SSSR count). The maximum Gasteiger partial charge on any atom is 0.242 e. The smallest absolute Gasteiger partial charge is 0.242 e. The third-order valence-corrected chi connectivity index (χ3v) is 5.11. The van der Waals surface area contributed by atoms with Crippen LogP contribution in [-0.2, 0) is 17.7 Å². The highest BCUT2D eigenvalue weighted by Gasteiger charge is 2.62. The van der Waals surface area contributed by atoms with Gasteiger partial charge >= 0.3 is 0 Å². The number of halogens is 2. The van der Waals surface area contributed by atoms with Crippen LogP contribution in [0.25, 0.3) is 0 Å². The van der Waals surface area contributed by atoms with Gasteiger partial charge in [0.1, 0.15) is 11.9 Å². The molecule has 6 nitrogen and oxygen atoms in total. The van der Waals surface area contributed by atoms with Crippen LogP contribution in [0.5, 0.6) is 0 Å². The number of aromatic nitrogens is 5. The zero-order chi connectivity index (χ0) is 16.8. The molecule has 1 saturated carbocycles. The average Bonchev–Trinajstić information content (AvgIpc) is 3.02. The van der Waals surface area contributed by atoms with Crippen molar-refractivity contribution in [3.63, 3.8) is 0 Å². The van der Waals surface area contributed by atoms with Gasteiger partial charge in [-0.05, 0) is 42.1 Å². The highest BCUT2D eigenvalue weighted by molar-refractivity contribution is 6.30. The van der Waals surface area contributed by atoms with E-state index in [1.807, 2.05) is 22.9 Å². The highest BCUT2D eigenvalue weighted by Crippen LogP contribution is 2.56. The van der Waals surface area contributed by atoms with Crippen molar-refractivity contribution >= 4 is 23.2 Å². The fourth-order valence-electron chi connectivity index (χ4n) is 3.28. The summed E-state index contributed by atoms with van der Waals surface area (Å²) < 4.78 is 3.54. The first-order chi connectivity index (χ1) is 11.5. The molecule has 0 radical (unpaired) electrons. The van der Waals surface area contributed by atoms with Crippen molar-refractivity contribution in [2.75, 3.05) is 0 Å². The van der Waals surface area contributed by atoms with E-state index < -0.39 is 11.1 Å². The van der Waals surface area contributed by atoms with Gasteiger partial charge in [-0.2, -0.15) is 0 Å². The van der Waals surface area contributed by atoms with Crippen LogP contribution < -0.4 is 0 Å². The Hall–Kier alpha value is -1.89. The Labute approximate surface area is 148 Å². The Morgan fingerprint density at radius 3 is 2.46 bits per heavy atom. The van der Waals surface area contributed by atoms with Gasteiger partial charge in [-0.1, -0.05) is 23.7 Å². The van der Waals surface area contributed by atoms with E-state index in [-0.39, 0.29) is 5.28 Å². The van der Waals surface area contributed by atoms with Crippen molar-refractivity contribution in [1.29, 1.82) is 0 Å². The summed E-state index contributed by atoms with van der Waals surface area (Å²) in [6, 6.07) is 7.25. The van der Waals surface area contributed by atoms with Gasteiger partial charge in [-0.25, -0.2) is 14.6 Å². The number of imidazole rings is 1. The van der Waals surface area contributed by atoms with Crippen LogP contribution >= 0.6 is 23.2 Å². The summed E-state index contributed by atoms with van der Waals surface area (Å²) in [7, 11) is 0. The van der Waals surface area contributed by atoms with Crippen LogP contribution in [0.15, 0.2) is 49.3 Å². The Morgan fingerprint density at radius 1 is 1.17 bits per heavy atom. The number of nitrogens with zero attached hydrogens (tertiary/aromatic N) is 5. The predicted molar refractivity (Wildman–Crippen MR) is 89.8 cm³/mol. The molecule has 1 aliphatic rings. The number of benzene rings is 1. The summed E-state index contributed by atoms with van der Waals surface area (Å²) in [4.78, 5) is 8.08. The number of aliphatic hydroxyl groups is 1. The summed E-state index contributed by atoms with van der Waals surface area (Å²) in [6.45, 7) is 0.339. The molecule has 1 fully saturated rings. The molecule has 2 heterocycles. The molecule has 2 aromatic heterocycles. The molecule has 1 atom stereocenters. The molecule has 24 heavy (non-hydrogen) atoms. The van der Waals surface area contributed by atoms with E-state index in [0.717, 1.165) is 18.4 Å². The van der Waals surface area contributed by atoms with Crippen molar-refractivity contribution in [3.05, 3.63) is 65.2 Å². The number of hydrogen-bond donors (Lipinski definition) is 1. The predicted octanol–water partition coefficient (Wildman–Crippen LogP) is 2.86. The van der Waals surface area contributed by atoms with E-state index in [1.165, 1.54) is 0 Å². The highest BCUT2D eigenvalue weighted by atomic mass is 35.5. The summed E-state index contributed by atoms with van der Waals surface area (Å²) in [6.07, 6.45) is 8.33. The minimum atomic E-state index is -1.20. The SMILES string of the molecule is OC(Cn1ccnc1)(c1ccc(Cl)cc1)C1(n2cnc(Cl)n2)CC1. The topological polar surface area (TPSA) is 68.8 Å². The van der Waals surface area contributed by atoms with Crippen LogP contribution in [0, 0.1) is 0 Å². The van der Waals surface area contributed by atoms with Crippen LogP contribution in [0.1, 0.15) is 18.4 Å². The Kier molecular flexibility index (Phi) is 3.63. The van der Waals surface area contributed by atoms with Gasteiger partial charge in [0, 0.05) is 17.4 Å². The number of hydrogen-bond acceptors (Lipinski definition) is 4. The zero-order valence-corrected chi connectivity index (χ0v) is 14.2. The lowest BCUT2D eigenvalue weighted by molar-refractivity contribution is -0.0525. The fourth-order valence-corrected chi connectivity index (χ4v) is 3.53. The second-order valence-electron chi connectivity index (χ2n) is 6.09. The minimum Gasteiger partial charge on any atom is -0.381 e. The lowest BCUT2D eigenvalue weighted by Crippen LogP contribution is -2.47. The van der Waals surface area contributed by atoms with Crippen molar-refractivity contribution < 1.29 is 5.11 Å². The molecule has 0 aliphatic heterocycles. The van der Waals surface area contributed by atoms with Gasteiger partial charge in [-0.3, -0.25) is 0 Å². The minimum absolute atomic E-state index is 0.169. The van der Waals surface area contributed by atoms with Crippen molar-refractivity contribution in [2.45, 2.75) is 30.5 Å². The van der Waals surface area contributed by atoms with Gasteiger partial charge in [0.15, 0.2) is 0 Å². The molecule has 124 valence electrons. The van der Waals surface area contributed by atoms with Gasteiger partial charge in [0.2, 0.25) is 5.28 Å². The summed E-state index contributed by atoms with van der Waals surface area (Å²) in [5.74, 6) is 0. The summed E-state index contributed by atoms with van der Waals surface area (Å²) in [5.41, 5.74) is -1.02. The summed E-state index contributed by atoms with van der Waals surface area (Å²) >= 11 is 11.9. The quantitative estimate of drug-likeness (QED) is 0.756. The van der Waals surface area contributed by atoms with Gasteiger partial charge in [-0.15, -0.1) is 5.10 Å². The molecule has 0 spiro atoms. The molecule has 8 heteroatoms. The lowest BCUT2D eigenvalue weighted by atomic mass is 9.83. The standard InChI is InChI=1S/C16H15Cl2N5O/c17-13-3-1-12(2-4-13)16(24,9-22-8-7-19-10-22)15(5-6-15)23-11-20-14(18)21-23/h1-4,7-8,10-11,24H,5-6,9H2. The second-order valence-corrected chi connectivity index (χ2v) is 6.87. The first kappa shape index (κ1) is 15.6. The van der Waals surface area contributed by atoms with E-state index in [1.54, 1.807) is 35.7 Å². The van der Waals surface area contributed by atoms with Gasteiger partial charge in [0.25, 0.3) is 0 Å². The Bertz CT molecular complexity index is 842. The molecule has 1 N–H and O–H groups in total. The molecule has 3 aromatic rings. The van der Waals surface area contributed by atoms with Crippen molar-refractivity contribution in [3.8, 4) is 0 Å². The molecular formula is C16H15Cl2N5O. The fraction of sp³-hybridized carbons (Fsp3) is 0.312. The van der Waals surface area contributed by atoms with Crippen LogP contribution in [0.3, 0.4) is 0 Å². The third kappa shape index (κ3) is 2.42. The van der Waals surface area contributed by atoms with E-state index in [2.05, 4.69) is 15.1 Å². The maximum atomic E-state index is 11.8.